The minimum Gasteiger partial charge on any atom is -0.353 e. The van der Waals surface area contributed by atoms with Gasteiger partial charge in [-0.25, -0.2) is 8.42 Å². The van der Waals surface area contributed by atoms with E-state index >= 15 is 0 Å². The topological polar surface area (TPSA) is 92.3 Å². The molecule has 1 N–H and O–H groups in total. The zero-order valence-corrected chi connectivity index (χ0v) is 18.4. The molecule has 1 aromatic heterocycles. The number of thioether (sulfide) groups is 1. The molecule has 0 bridgehead atoms. The molecule has 2 aromatic rings. The lowest BCUT2D eigenvalue weighted by atomic mass is 10.0. The highest BCUT2D eigenvalue weighted by atomic mass is 32.2. The van der Waals surface area contributed by atoms with Crippen LogP contribution in [-0.2, 0) is 10.0 Å². The van der Waals surface area contributed by atoms with Crippen molar-refractivity contribution in [1.82, 2.24) is 13.7 Å². The van der Waals surface area contributed by atoms with Crippen molar-refractivity contribution < 1.29 is 13.2 Å². The summed E-state index contributed by atoms with van der Waals surface area (Å²) in [5.74, 6) is 1.23. The lowest BCUT2D eigenvalue weighted by molar-refractivity contribution is 0.101. The van der Waals surface area contributed by atoms with E-state index in [0.29, 0.717) is 34.9 Å². The van der Waals surface area contributed by atoms with Gasteiger partial charge < -0.3 is 5.32 Å². The normalized spacial score (nSPS) is 16.2. The number of nitrogens with one attached hydrogen (secondary N) is 1. The molecule has 0 atom stereocenters. The van der Waals surface area contributed by atoms with Gasteiger partial charge >= 0.3 is 0 Å². The highest BCUT2D eigenvalue weighted by molar-refractivity contribution is 7.99. The predicted molar refractivity (Wildman–Crippen MR) is 113 cm³/mol. The van der Waals surface area contributed by atoms with Gasteiger partial charge in [0, 0.05) is 30.2 Å². The Morgan fingerprint density at radius 3 is 2.82 bits per heavy atom. The molecule has 0 saturated carbocycles. The monoisotopic (exact) mass is 440 g/mol. The quantitative estimate of drug-likeness (QED) is 0.497. The minimum absolute atomic E-state index is 0.0379. The molecular weight excluding hydrogens is 416 g/mol. The fraction of sp³-hybridized carbons (Fsp3) is 0.500. The summed E-state index contributed by atoms with van der Waals surface area (Å²) >= 11 is 2.74. The molecule has 1 fully saturated rings. The van der Waals surface area contributed by atoms with Crippen LogP contribution in [0.25, 0.3) is 0 Å². The van der Waals surface area contributed by atoms with Crippen molar-refractivity contribution in [3.05, 3.63) is 29.8 Å². The molecule has 28 heavy (non-hydrogen) atoms. The third-order valence-electron chi connectivity index (χ3n) is 4.62. The highest BCUT2D eigenvalue weighted by Gasteiger charge is 2.28. The Bertz CT molecular complexity index is 922. The molecule has 1 saturated heterocycles. The highest BCUT2D eigenvalue weighted by Crippen LogP contribution is 2.24. The van der Waals surface area contributed by atoms with Crippen LogP contribution in [0.15, 0.2) is 34.3 Å². The zero-order chi connectivity index (χ0) is 20.1. The molecule has 2 heterocycles. The molecule has 152 valence electrons. The molecule has 1 aliphatic heterocycles. The van der Waals surface area contributed by atoms with Crippen LogP contribution in [0.4, 0.5) is 5.13 Å². The molecule has 3 rings (SSSR count). The van der Waals surface area contributed by atoms with Crippen molar-refractivity contribution in [2.45, 2.75) is 36.7 Å². The molecule has 0 radical (unpaired) electrons. The average Bonchev–Trinajstić information content (AvgIpc) is 3.14. The van der Waals surface area contributed by atoms with E-state index in [2.05, 4.69) is 21.6 Å². The summed E-state index contributed by atoms with van der Waals surface area (Å²) in [5, 5.41) is 4.24. The van der Waals surface area contributed by atoms with Gasteiger partial charge in [0.15, 0.2) is 5.78 Å². The molecule has 0 aliphatic carbocycles. The first-order valence-corrected chi connectivity index (χ1v) is 12.4. The van der Waals surface area contributed by atoms with Crippen LogP contribution in [0, 0.1) is 5.92 Å². The first-order chi connectivity index (χ1) is 13.4. The number of aromatic nitrogens is 2. The maximum atomic E-state index is 12.9. The standard InChI is InChI=1S/C18H24N4O3S3/c1-3-26-18-20-17(27-21-18)19-12-16(23)14-5-4-6-15(11-14)28(24,25)22-9-7-13(2)8-10-22/h4-6,11,13H,3,7-10,12H2,1-2H3,(H,19,20,21). The van der Waals surface area contributed by atoms with Gasteiger partial charge in [0.2, 0.25) is 20.3 Å². The summed E-state index contributed by atoms with van der Waals surface area (Å²) in [5.41, 5.74) is 0.367. The van der Waals surface area contributed by atoms with Gasteiger partial charge in [-0.2, -0.15) is 13.7 Å². The largest absolute Gasteiger partial charge is 0.353 e. The number of rotatable bonds is 8. The number of nitrogens with zero attached hydrogens (tertiary/aromatic N) is 3. The van der Waals surface area contributed by atoms with Gasteiger partial charge in [-0.15, -0.1) is 0 Å². The van der Waals surface area contributed by atoms with E-state index in [4.69, 9.17) is 0 Å². The number of ketones is 1. The second kappa shape index (κ2) is 9.34. The van der Waals surface area contributed by atoms with Crippen molar-refractivity contribution in [3.63, 3.8) is 0 Å². The molecule has 7 nitrogen and oxygen atoms in total. The Kier molecular flexibility index (Phi) is 7.08. The van der Waals surface area contributed by atoms with Crippen LogP contribution < -0.4 is 5.32 Å². The molecule has 0 amide bonds. The molecule has 10 heteroatoms. The van der Waals surface area contributed by atoms with Crippen LogP contribution in [-0.4, -0.2) is 53.3 Å². The Morgan fingerprint density at radius 1 is 1.36 bits per heavy atom. The van der Waals surface area contributed by atoms with E-state index in [1.165, 1.54) is 33.7 Å². The number of carbonyl (C=O) groups excluding carboxylic acids is 1. The molecule has 0 spiro atoms. The van der Waals surface area contributed by atoms with Crippen molar-refractivity contribution in [1.29, 1.82) is 0 Å². The average molecular weight is 441 g/mol. The van der Waals surface area contributed by atoms with E-state index in [9.17, 15) is 13.2 Å². The second-order valence-corrected chi connectivity index (χ2v) is 10.6. The molecular formula is C18H24N4O3S3. The van der Waals surface area contributed by atoms with Gasteiger partial charge in [0.25, 0.3) is 0 Å². The predicted octanol–water partition coefficient (Wildman–Crippen LogP) is 3.37. The zero-order valence-electron chi connectivity index (χ0n) is 15.9. The van der Waals surface area contributed by atoms with Gasteiger partial charge in [-0.3, -0.25) is 4.79 Å². The summed E-state index contributed by atoms with van der Waals surface area (Å²) in [6, 6.07) is 6.28. The third-order valence-corrected chi connectivity index (χ3v) is 8.03. The summed E-state index contributed by atoms with van der Waals surface area (Å²) in [7, 11) is -3.57. The van der Waals surface area contributed by atoms with E-state index in [1.54, 1.807) is 18.2 Å². The first-order valence-electron chi connectivity index (χ1n) is 9.24. The van der Waals surface area contributed by atoms with Crippen LogP contribution in [0.3, 0.4) is 0 Å². The SMILES string of the molecule is CCSc1nsc(NCC(=O)c2cccc(S(=O)(=O)N3CCC(C)CC3)c2)n1. The number of hydrogen-bond donors (Lipinski definition) is 1. The van der Waals surface area contributed by atoms with Crippen molar-refractivity contribution in [2.24, 2.45) is 5.92 Å². The Balaban J connectivity index is 1.67. The van der Waals surface area contributed by atoms with E-state index in [1.807, 2.05) is 6.92 Å². The van der Waals surface area contributed by atoms with Crippen LogP contribution in [0.2, 0.25) is 0 Å². The number of sulfonamides is 1. The number of hydrogen-bond acceptors (Lipinski definition) is 8. The van der Waals surface area contributed by atoms with Gasteiger partial charge in [0.05, 0.1) is 11.4 Å². The second-order valence-electron chi connectivity index (χ2n) is 6.71. The van der Waals surface area contributed by atoms with E-state index in [-0.39, 0.29) is 17.2 Å². The molecule has 1 aromatic carbocycles. The molecule has 0 unspecified atom stereocenters. The van der Waals surface area contributed by atoms with Crippen molar-refractivity contribution >= 4 is 44.2 Å². The number of piperidine rings is 1. The maximum Gasteiger partial charge on any atom is 0.243 e. The Morgan fingerprint density at radius 2 is 2.11 bits per heavy atom. The summed E-state index contributed by atoms with van der Waals surface area (Å²) in [6.07, 6.45) is 1.73. The van der Waals surface area contributed by atoms with E-state index in [0.717, 1.165) is 18.6 Å². The van der Waals surface area contributed by atoms with Gasteiger partial charge in [-0.1, -0.05) is 37.7 Å². The summed E-state index contributed by atoms with van der Waals surface area (Å²) in [4.78, 5) is 17.0. The third kappa shape index (κ3) is 5.11. The minimum atomic E-state index is -3.57. The lowest BCUT2D eigenvalue weighted by Gasteiger charge is -2.29. The van der Waals surface area contributed by atoms with Crippen molar-refractivity contribution in [2.75, 3.05) is 30.7 Å². The number of carbonyl (C=O) groups is 1. The Labute approximate surface area is 174 Å². The smallest absolute Gasteiger partial charge is 0.243 e. The van der Waals surface area contributed by atoms with Crippen LogP contribution in [0.5, 0.6) is 0 Å². The lowest BCUT2D eigenvalue weighted by Crippen LogP contribution is -2.37. The summed E-state index contributed by atoms with van der Waals surface area (Å²) < 4.78 is 31.5. The fourth-order valence-electron chi connectivity index (χ4n) is 2.93. The number of Topliss-reactive ketones (excluding diaryl/α,β-unsaturated/α-hetero) is 1. The maximum absolute atomic E-state index is 12.9. The van der Waals surface area contributed by atoms with Crippen LogP contribution >= 0.6 is 23.3 Å². The first kappa shape index (κ1) is 21.2. The van der Waals surface area contributed by atoms with Crippen molar-refractivity contribution in [3.8, 4) is 0 Å². The van der Waals surface area contributed by atoms with Gasteiger partial charge in [-0.05, 0) is 36.6 Å². The van der Waals surface area contributed by atoms with E-state index < -0.39 is 10.0 Å². The fourth-order valence-corrected chi connectivity index (χ4v) is 5.71. The summed E-state index contributed by atoms with van der Waals surface area (Å²) in [6.45, 7) is 5.25. The Hall–Kier alpha value is -1.49. The number of anilines is 1. The van der Waals surface area contributed by atoms with Gasteiger partial charge in [0.1, 0.15) is 0 Å². The molecule has 1 aliphatic rings. The number of benzene rings is 1. The van der Waals surface area contributed by atoms with Crippen LogP contribution in [0.1, 0.15) is 37.0 Å².